The Morgan fingerprint density at radius 2 is 2.11 bits per heavy atom. The van der Waals surface area contributed by atoms with Crippen molar-refractivity contribution in [3.63, 3.8) is 0 Å². The van der Waals surface area contributed by atoms with Crippen LogP contribution in [0.2, 0.25) is 0 Å². The molecule has 2 rings (SSSR count). The Hall–Kier alpha value is -0.720. The largest absolute Gasteiger partial charge is 0.398 e. The quantitative estimate of drug-likeness (QED) is 0.836. The number of anilines is 1. The molecule has 1 fully saturated rings. The lowest BCUT2D eigenvalue weighted by Gasteiger charge is -2.19. The predicted molar refractivity (Wildman–Crippen MR) is 80.9 cm³/mol. The summed E-state index contributed by atoms with van der Waals surface area (Å²) < 4.78 is 27.6. The van der Waals surface area contributed by atoms with E-state index in [-0.39, 0.29) is 10.9 Å². The number of nitrogens with one attached hydrogen (secondary N) is 1. The molecule has 0 heterocycles. The molecular formula is C13H20N2O2S2. The second kappa shape index (κ2) is 5.73. The highest BCUT2D eigenvalue weighted by Gasteiger charge is 2.31. The maximum Gasteiger partial charge on any atom is 0.242 e. The van der Waals surface area contributed by atoms with Gasteiger partial charge in [0.1, 0.15) is 4.90 Å². The fourth-order valence-corrected chi connectivity index (χ4v) is 4.96. The van der Waals surface area contributed by atoms with Crippen LogP contribution in [0, 0.1) is 6.92 Å². The summed E-state index contributed by atoms with van der Waals surface area (Å²) in [4.78, 5) is 0.185. The predicted octanol–water partition coefficient (Wildman–Crippen LogP) is 2.14. The van der Waals surface area contributed by atoms with E-state index < -0.39 is 10.0 Å². The van der Waals surface area contributed by atoms with E-state index in [9.17, 15) is 8.42 Å². The van der Waals surface area contributed by atoms with E-state index >= 15 is 0 Å². The molecule has 6 heteroatoms. The molecular weight excluding hydrogens is 280 g/mol. The summed E-state index contributed by atoms with van der Waals surface area (Å²) in [5, 5.41) is 0.362. The van der Waals surface area contributed by atoms with E-state index in [1.54, 1.807) is 30.0 Å². The lowest BCUT2D eigenvalue weighted by Crippen LogP contribution is -2.38. The molecule has 0 amide bonds. The molecule has 1 saturated carbocycles. The van der Waals surface area contributed by atoms with E-state index in [2.05, 4.69) is 4.72 Å². The lowest BCUT2D eigenvalue weighted by atomic mass is 10.2. The fourth-order valence-electron chi connectivity index (χ4n) is 2.52. The minimum Gasteiger partial charge on any atom is -0.398 e. The van der Waals surface area contributed by atoms with Crippen molar-refractivity contribution in [1.82, 2.24) is 4.72 Å². The first-order valence-corrected chi connectivity index (χ1v) is 9.12. The highest BCUT2D eigenvalue weighted by atomic mass is 32.2. The molecule has 0 aliphatic heterocycles. The standard InChI is InChI=1S/C13H20N2O2S2/c1-9-6-7-13(10(14)8-9)19(16,17)15-11-4-3-5-12(11)18-2/h6-8,11-12,15H,3-5,14H2,1-2H3. The Balaban J connectivity index is 2.23. The van der Waals surface area contributed by atoms with Gasteiger partial charge in [0.05, 0.1) is 5.69 Å². The molecule has 4 nitrogen and oxygen atoms in total. The van der Waals surface area contributed by atoms with E-state index in [0.29, 0.717) is 10.9 Å². The topological polar surface area (TPSA) is 72.2 Å². The smallest absolute Gasteiger partial charge is 0.242 e. The summed E-state index contributed by atoms with van der Waals surface area (Å²) in [6.07, 6.45) is 5.06. The zero-order chi connectivity index (χ0) is 14.0. The third-order valence-corrected chi connectivity index (χ3v) is 6.25. The number of sulfonamides is 1. The summed E-state index contributed by atoms with van der Waals surface area (Å²) in [7, 11) is -3.52. The zero-order valence-corrected chi connectivity index (χ0v) is 12.9. The maximum atomic E-state index is 12.4. The first-order chi connectivity index (χ1) is 8.94. The van der Waals surface area contributed by atoms with Gasteiger partial charge in [0.15, 0.2) is 0 Å². The Bertz CT molecular complexity index is 558. The van der Waals surface area contributed by atoms with Crippen molar-refractivity contribution in [2.24, 2.45) is 0 Å². The van der Waals surface area contributed by atoms with Crippen molar-refractivity contribution in [3.05, 3.63) is 23.8 Å². The molecule has 0 bridgehead atoms. The highest BCUT2D eigenvalue weighted by Crippen LogP contribution is 2.30. The van der Waals surface area contributed by atoms with E-state index in [0.717, 1.165) is 24.8 Å². The molecule has 1 aliphatic carbocycles. The van der Waals surface area contributed by atoms with Crippen LogP contribution >= 0.6 is 11.8 Å². The molecule has 2 atom stereocenters. The minimum absolute atomic E-state index is 0.0145. The van der Waals surface area contributed by atoms with Gasteiger partial charge in [-0.1, -0.05) is 12.5 Å². The van der Waals surface area contributed by atoms with Crippen molar-refractivity contribution < 1.29 is 8.42 Å². The average molecular weight is 300 g/mol. The van der Waals surface area contributed by atoms with Crippen LogP contribution in [-0.4, -0.2) is 26.0 Å². The maximum absolute atomic E-state index is 12.4. The fraction of sp³-hybridized carbons (Fsp3) is 0.538. The molecule has 3 N–H and O–H groups in total. The van der Waals surface area contributed by atoms with Gasteiger partial charge >= 0.3 is 0 Å². The van der Waals surface area contributed by atoms with Crippen LogP contribution in [-0.2, 0) is 10.0 Å². The normalized spacial score (nSPS) is 23.7. The molecule has 1 aromatic carbocycles. The zero-order valence-electron chi connectivity index (χ0n) is 11.2. The van der Waals surface area contributed by atoms with Crippen LogP contribution in [0.4, 0.5) is 5.69 Å². The van der Waals surface area contributed by atoms with E-state index in [1.807, 2.05) is 13.2 Å². The second-order valence-electron chi connectivity index (χ2n) is 4.97. The number of hydrogen-bond acceptors (Lipinski definition) is 4. The summed E-state index contributed by atoms with van der Waals surface area (Å²) in [5.41, 5.74) is 7.09. The van der Waals surface area contributed by atoms with Crippen LogP contribution < -0.4 is 10.5 Å². The van der Waals surface area contributed by atoms with E-state index in [1.165, 1.54) is 0 Å². The van der Waals surface area contributed by atoms with E-state index in [4.69, 9.17) is 5.73 Å². The summed E-state index contributed by atoms with van der Waals surface area (Å²) in [5.74, 6) is 0. The Morgan fingerprint density at radius 3 is 2.74 bits per heavy atom. The van der Waals surface area contributed by atoms with Gasteiger partial charge in [-0.25, -0.2) is 13.1 Å². The SMILES string of the molecule is CSC1CCCC1NS(=O)(=O)c1ccc(C)cc1N. The number of hydrogen-bond donors (Lipinski definition) is 2. The number of nitrogen functional groups attached to an aromatic ring is 1. The molecule has 0 aromatic heterocycles. The summed E-state index contributed by atoms with van der Waals surface area (Å²) >= 11 is 1.72. The summed E-state index contributed by atoms with van der Waals surface area (Å²) in [6.45, 7) is 1.89. The minimum atomic E-state index is -3.52. The van der Waals surface area contributed by atoms with Crippen molar-refractivity contribution in [1.29, 1.82) is 0 Å². The van der Waals surface area contributed by atoms with Gasteiger partial charge in [0.2, 0.25) is 10.0 Å². The first-order valence-electron chi connectivity index (χ1n) is 6.35. The van der Waals surface area contributed by atoms with Gasteiger partial charge in [0.25, 0.3) is 0 Å². The highest BCUT2D eigenvalue weighted by molar-refractivity contribution is 7.99. The van der Waals surface area contributed by atoms with Crippen molar-refractivity contribution >= 4 is 27.5 Å². The number of nitrogens with two attached hydrogens (primary N) is 1. The number of aryl methyl sites for hydroxylation is 1. The third kappa shape index (κ3) is 3.24. The molecule has 0 saturated heterocycles. The van der Waals surface area contributed by atoms with Gasteiger partial charge in [0, 0.05) is 11.3 Å². The summed E-state index contributed by atoms with van der Waals surface area (Å²) in [6, 6.07) is 5.05. The van der Waals surface area contributed by atoms with Gasteiger partial charge in [-0.15, -0.1) is 0 Å². The van der Waals surface area contributed by atoms with Gasteiger partial charge < -0.3 is 5.73 Å². The van der Waals surface area contributed by atoms with Crippen LogP contribution in [0.5, 0.6) is 0 Å². The lowest BCUT2D eigenvalue weighted by molar-refractivity contribution is 0.555. The first kappa shape index (κ1) is 14.7. The van der Waals surface area contributed by atoms with Crippen molar-refractivity contribution in [2.45, 2.75) is 42.4 Å². The van der Waals surface area contributed by atoms with Crippen LogP contribution in [0.3, 0.4) is 0 Å². The number of thioether (sulfide) groups is 1. The van der Waals surface area contributed by atoms with Gasteiger partial charge in [-0.3, -0.25) is 0 Å². The second-order valence-corrected chi connectivity index (χ2v) is 7.73. The van der Waals surface area contributed by atoms with Crippen molar-refractivity contribution in [2.75, 3.05) is 12.0 Å². The van der Waals surface area contributed by atoms with Crippen LogP contribution in [0.1, 0.15) is 24.8 Å². The molecule has 2 unspecified atom stereocenters. The van der Waals surface area contributed by atoms with Crippen LogP contribution in [0.25, 0.3) is 0 Å². The van der Waals surface area contributed by atoms with Gasteiger partial charge in [-0.2, -0.15) is 11.8 Å². The monoisotopic (exact) mass is 300 g/mol. The Kier molecular flexibility index (Phi) is 4.43. The number of benzene rings is 1. The molecule has 1 aromatic rings. The molecule has 0 spiro atoms. The Labute approximate surface area is 119 Å². The molecule has 19 heavy (non-hydrogen) atoms. The number of rotatable bonds is 4. The van der Waals surface area contributed by atoms with Crippen molar-refractivity contribution in [3.8, 4) is 0 Å². The third-order valence-electron chi connectivity index (χ3n) is 3.52. The average Bonchev–Trinajstić information content (AvgIpc) is 2.74. The van der Waals surface area contributed by atoms with Gasteiger partial charge in [-0.05, 0) is 43.7 Å². The van der Waals surface area contributed by atoms with Crippen LogP contribution in [0.15, 0.2) is 23.1 Å². The molecule has 106 valence electrons. The molecule has 0 radical (unpaired) electrons. The molecule has 1 aliphatic rings. The Morgan fingerprint density at radius 1 is 1.37 bits per heavy atom.